The number of rotatable bonds is 3. The number of benzene rings is 2. The Morgan fingerprint density at radius 3 is 2.57 bits per heavy atom. The molecule has 1 heterocycles. The van der Waals surface area contributed by atoms with Crippen LogP contribution in [-0.4, -0.2) is 28.4 Å². The number of hydrogen-bond donors (Lipinski definition) is 1. The molecule has 1 N–H and O–H groups in total. The van der Waals surface area contributed by atoms with Crippen molar-refractivity contribution in [3.8, 4) is 0 Å². The molecule has 3 rings (SSSR count). The van der Waals surface area contributed by atoms with Crippen molar-refractivity contribution in [3.63, 3.8) is 0 Å². The van der Waals surface area contributed by atoms with Gasteiger partial charge in [0.2, 0.25) is 5.91 Å². The van der Waals surface area contributed by atoms with E-state index < -0.39 is 12.0 Å². The summed E-state index contributed by atoms with van der Waals surface area (Å²) in [4.78, 5) is 26.0. The van der Waals surface area contributed by atoms with Gasteiger partial charge in [0.05, 0.1) is 6.42 Å². The normalized spacial score (nSPS) is 16.7. The molecule has 1 aliphatic heterocycles. The fraction of sp³-hybridized carbons (Fsp3) is 0.263. The van der Waals surface area contributed by atoms with Gasteiger partial charge >= 0.3 is 5.97 Å². The first kappa shape index (κ1) is 15.3. The van der Waals surface area contributed by atoms with Gasteiger partial charge < -0.3 is 10.0 Å². The lowest BCUT2D eigenvalue weighted by Crippen LogP contribution is -2.44. The van der Waals surface area contributed by atoms with E-state index in [4.69, 9.17) is 0 Å². The third kappa shape index (κ3) is 2.97. The average Bonchev–Trinajstić information content (AvgIpc) is 2.55. The van der Waals surface area contributed by atoms with E-state index in [0.29, 0.717) is 13.0 Å². The molecule has 0 aliphatic carbocycles. The quantitative estimate of drug-likeness (QED) is 0.948. The maximum absolute atomic E-state index is 12.7. The molecule has 4 nitrogen and oxygen atoms in total. The molecule has 0 spiro atoms. The highest BCUT2D eigenvalue weighted by atomic mass is 16.4. The zero-order valence-electron chi connectivity index (χ0n) is 13.0. The molecule has 4 heteroatoms. The van der Waals surface area contributed by atoms with Gasteiger partial charge in [0.25, 0.3) is 0 Å². The Morgan fingerprint density at radius 2 is 1.83 bits per heavy atom. The van der Waals surface area contributed by atoms with Gasteiger partial charge in [-0.2, -0.15) is 0 Å². The van der Waals surface area contributed by atoms with E-state index in [2.05, 4.69) is 0 Å². The first-order valence-electron chi connectivity index (χ1n) is 7.72. The summed E-state index contributed by atoms with van der Waals surface area (Å²) in [5.74, 6) is -1.11. The minimum atomic E-state index is -0.977. The zero-order chi connectivity index (χ0) is 16.4. The number of carbonyl (C=O) groups excluding carboxylic acids is 1. The monoisotopic (exact) mass is 309 g/mol. The molecule has 0 saturated carbocycles. The third-order valence-corrected chi connectivity index (χ3v) is 4.44. The topological polar surface area (TPSA) is 57.6 Å². The van der Waals surface area contributed by atoms with E-state index in [1.54, 1.807) is 6.07 Å². The van der Waals surface area contributed by atoms with Crippen LogP contribution < -0.4 is 0 Å². The van der Waals surface area contributed by atoms with Crippen LogP contribution in [0.2, 0.25) is 0 Å². The van der Waals surface area contributed by atoms with E-state index in [1.807, 2.05) is 49.4 Å². The summed E-state index contributed by atoms with van der Waals surface area (Å²) in [7, 11) is 0. The Bertz CT molecular complexity index is 754. The maximum Gasteiger partial charge on any atom is 0.331 e. The van der Waals surface area contributed by atoms with Crippen molar-refractivity contribution >= 4 is 11.9 Å². The minimum absolute atomic E-state index is 0.138. The first-order valence-corrected chi connectivity index (χ1v) is 7.72. The van der Waals surface area contributed by atoms with Crippen LogP contribution in [0.25, 0.3) is 0 Å². The van der Waals surface area contributed by atoms with Crippen molar-refractivity contribution < 1.29 is 14.7 Å². The van der Waals surface area contributed by atoms with Crippen molar-refractivity contribution in [2.24, 2.45) is 0 Å². The number of nitrogens with zero attached hydrogens (tertiary/aromatic N) is 1. The Hall–Kier alpha value is -2.62. The Balaban J connectivity index is 1.89. The van der Waals surface area contributed by atoms with Gasteiger partial charge in [0.1, 0.15) is 0 Å². The van der Waals surface area contributed by atoms with Crippen LogP contribution in [0.4, 0.5) is 0 Å². The van der Waals surface area contributed by atoms with Crippen LogP contribution in [0.15, 0.2) is 48.5 Å². The van der Waals surface area contributed by atoms with Crippen LogP contribution in [0.3, 0.4) is 0 Å². The van der Waals surface area contributed by atoms with Gasteiger partial charge in [-0.15, -0.1) is 0 Å². The lowest BCUT2D eigenvalue weighted by Gasteiger charge is -2.35. The predicted molar refractivity (Wildman–Crippen MR) is 87.1 cm³/mol. The van der Waals surface area contributed by atoms with Crippen LogP contribution in [0, 0.1) is 6.92 Å². The zero-order valence-corrected chi connectivity index (χ0v) is 13.0. The lowest BCUT2D eigenvalue weighted by atomic mass is 9.92. The molecule has 0 bridgehead atoms. The van der Waals surface area contributed by atoms with Crippen LogP contribution in [0.5, 0.6) is 0 Å². The van der Waals surface area contributed by atoms with Gasteiger partial charge in [-0.1, -0.05) is 48.5 Å². The van der Waals surface area contributed by atoms with Gasteiger partial charge in [-0.25, -0.2) is 4.79 Å². The van der Waals surface area contributed by atoms with E-state index in [1.165, 1.54) is 4.90 Å². The van der Waals surface area contributed by atoms with Crippen LogP contribution in [0.1, 0.15) is 28.3 Å². The summed E-state index contributed by atoms with van der Waals surface area (Å²) in [5.41, 5.74) is 3.73. The molecule has 2 aromatic carbocycles. The van der Waals surface area contributed by atoms with Crippen molar-refractivity contribution in [2.75, 3.05) is 6.54 Å². The second-order valence-electron chi connectivity index (χ2n) is 5.88. The average molecular weight is 309 g/mol. The Morgan fingerprint density at radius 1 is 1.13 bits per heavy atom. The summed E-state index contributed by atoms with van der Waals surface area (Å²) in [5, 5.41) is 9.63. The summed E-state index contributed by atoms with van der Waals surface area (Å²) in [6.07, 6.45) is 0.929. The summed E-state index contributed by atoms with van der Waals surface area (Å²) >= 11 is 0. The molecule has 0 aromatic heterocycles. The van der Waals surface area contributed by atoms with Crippen LogP contribution in [-0.2, 0) is 22.4 Å². The minimum Gasteiger partial charge on any atom is -0.479 e. The molecule has 118 valence electrons. The van der Waals surface area contributed by atoms with Gasteiger partial charge in [0.15, 0.2) is 6.04 Å². The molecule has 1 amide bonds. The third-order valence-electron chi connectivity index (χ3n) is 4.44. The van der Waals surface area contributed by atoms with E-state index in [-0.39, 0.29) is 12.3 Å². The highest BCUT2D eigenvalue weighted by molar-refractivity contribution is 5.86. The molecule has 1 atom stereocenters. The number of aryl methyl sites for hydroxylation is 1. The molecular weight excluding hydrogens is 290 g/mol. The smallest absolute Gasteiger partial charge is 0.331 e. The number of aliphatic carboxylic acids is 1. The van der Waals surface area contributed by atoms with Crippen molar-refractivity contribution in [3.05, 3.63) is 70.8 Å². The molecular formula is C19H19NO3. The molecule has 1 unspecified atom stereocenters. The Labute approximate surface area is 135 Å². The van der Waals surface area contributed by atoms with E-state index in [9.17, 15) is 14.7 Å². The summed E-state index contributed by atoms with van der Waals surface area (Å²) < 4.78 is 0. The molecule has 1 aliphatic rings. The van der Waals surface area contributed by atoms with Gasteiger partial charge in [0, 0.05) is 6.54 Å². The number of hydrogen-bond acceptors (Lipinski definition) is 2. The fourth-order valence-corrected chi connectivity index (χ4v) is 3.17. The fourth-order valence-electron chi connectivity index (χ4n) is 3.17. The van der Waals surface area contributed by atoms with Gasteiger partial charge in [-0.05, 0) is 35.6 Å². The first-order chi connectivity index (χ1) is 11.1. The Kier molecular flexibility index (Phi) is 4.15. The number of amides is 1. The van der Waals surface area contributed by atoms with Crippen LogP contribution >= 0.6 is 0 Å². The summed E-state index contributed by atoms with van der Waals surface area (Å²) in [6, 6.07) is 14.3. The highest BCUT2D eigenvalue weighted by Crippen LogP contribution is 2.30. The van der Waals surface area contributed by atoms with E-state index in [0.717, 1.165) is 22.3 Å². The van der Waals surface area contributed by atoms with E-state index >= 15 is 0 Å². The molecule has 0 radical (unpaired) electrons. The highest BCUT2D eigenvalue weighted by Gasteiger charge is 2.35. The second-order valence-corrected chi connectivity index (χ2v) is 5.88. The number of carbonyl (C=O) groups is 2. The number of carboxylic acid groups (broad SMARTS) is 1. The van der Waals surface area contributed by atoms with Crippen molar-refractivity contribution in [1.29, 1.82) is 0 Å². The largest absolute Gasteiger partial charge is 0.479 e. The van der Waals surface area contributed by atoms with Gasteiger partial charge in [-0.3, -0.25) is 4.79 Å². The second kappa shape index (κ2) is 6.24. The summed E-state index contributed by atoms with van der Waals surface area (Å²) in [6.45, 7) is 2.40. The maximum atomic E-state index is 12.7. The molecule has 0 saturated heterocycles. The lowest BCUT2D eigenvalue weighted by molar-refractivity contribution is -0.151. The number of carboxylic acids is 1. The molecule has 23 heavy (non-hydrogen) atoms. The number of fused-ring (bicyclic) bond motifs is 1. The molecule has 0 fully saturated rings. The predicted octanol–water partition coefficient (Wildman–Crippen LogP) is 2.75. The van der Waals surface area contributed by atoms with Crippen molar-refractivity contribution in [1.82, 2.24) is 4.90 Å². The SMILES string of the molecule is Cc1ccccc1CC(=O)N1CCc2ccccc2C1C(=O)O. The molecule has 2 aromatic rings. The standard InChI is InChI=1S/C19H19NO3/c1-13-6-2-3-8-15(13)12-17(21)20-11-10-14-7-4-5-9-16(14)18(20)19(22)23/h2-9,18H,10-12H2,1H3,(H,22,23). The van der Waals surface area contributed by atoms with Crippen molar-refractivity contribution in [2.45, 2.75) is 25.8 Å².